The molecule has 1 unspecified atom stereocenters. The predicted octanol–water partition coefficient (Wildman–Crippen LogP) is 3.78. The van der Waals surface area contributed by atoms with Crippen LogP contribution in [-0.4, -0.2) is 16.3 Å². The van der Waals surface area contributed by atoms with Crippen molar-refractivity contribution in [3.8, 4) is 5.75 Å². The number of aromatic hydroxyl groups is 1. The lowest BCUT2D eigenvalue weighted by Crippen LogP contribution is -1.91. The highest BCUT2D eigenvalue weighted by Gasteiger charge is 1.88. The summed E-state index contributed by atoms with van der Waals surface area (Å²) in [5.41, 5.74) is 2.38. The molecule has 2 nitrogen and oxygen atoms in total. The average Bonchev–Trinajstić information content (AvgIpc) is 2.40. The van der Waals surface area contributed by atoms with Crippen LogP contribution < -0.4 is 0 Å². The van der Waals surface area contributed by atoms with Gasteiger partial charge in [0.2, 0.25) is 0 Å². The van der Waals surface area contributed by atoms with Crippen LogP contribution >= 0.6 is 0 Å². The maximum Gasteiger partial charge on any atom is 0.115 e. The Morgan fingerprint density at radius 3 is 1.95 bits per heavy atom. The molecule has 0 amide bonds. The van der Waals surface area contributed by atoms with E-state index in [4.69, 9.17) is 10.2 Å². The molecule has 0 aliphatic rings. The summed E-state index contributed by atoms with van der Waals surface area (Å²) in [7, 11) is 0. The highest BCUT2D eigenvalue weighted by atomic mass is 16.3. The van der Waals surface area contributed by atoms with Crippen LogP contribution in [0.2, 0.25) is 0 Å². The summed E-state index contributed by atoms with van der Waals surface area (Å²) in [5, 5.41) is 17.6. The molecular formula is C17H20O2. The minimum Gasteiger partial charge on any atom is -0.508 e. The summed E-state index contributed by atoms with van der Waals surface area (Å²) in [6, 6.07) is 16.9. The van der Waals surface area contributed by atoms with E-state index in [-0.39, 0.29) is 6.10 Å². The lowest BCUT2D eigenvalue weighted by molar-refractivity contribution is 0.245. The van der Waals surface area contributed by atoms with Gasteiger partial charge in [0.05, 0.1) is 6.10 Å². The molecule has 19 heavy (non-hydrogen) atoms. The smallest absolute Gasteiger partial charge is 0.115 e. The molecule has 2 rings (SSSR count). The zero-order valence-corrected chi connectivity index (χ0v) is 11.3. The zero-order valence-electron chi connectivity index (χ0n) is 11.3. The summed E-state index contributed by atoms with van der Waals surface area (Å²) in [4.78, 5) is 0. The molecule has 2 N–H and O–H groups in total. The molecule has 0 aliphatic heterocycles. The molecule has 0 spiro atoms. The second kappa shape index (κ2) is 8.11. The highest BCUT2D eigenvalue weighted by molar-refractivity contribution is 5.49. The van der Waals surface area contributed by atoms with Crippen molar-refractivity contribution in [1.29, 1.82) is 0 Å². The highest BCUT2D eigenvalue weighted by Crippen LogP contribution is 2.05. The van der Waals surface area contributed by atoms with Crippen LogP contribution in [0.5, 0.6) is 5.75 Å². The summed E-state index contributed by atoms with van der Waals surface area (Å²) in [6.07, 6.45) is 3.32. The van der Waals surface area contributed by atoms with Crippen molar-refractivity contribution >= 4 is 6.08 Å². The van der Waals surface area contributed by atoms with E-state index in [0.717, 1.165) is 5.56 Å². The van der Waals surface area contributed by atoms with E-state index in [1.54, 1.807) is 37.3 Å². The van der Waals surface area contributed by atoms with Crippen molar-refractivity contribution in [2.45, 2.75) is 20.0 Å². The van der Waals surface area contributed by atoms with Gasteiger partial charge in [-0.15, -0.1) is 0 Å². The van der Waals surface area contributed by atoms with Crippen molar-refractivity contribution < 1.29 is 10.2 Å². The molecule has 100 valence electrons. The van der Waals surface area contributed by atoms with Gasteiger partial charge in [0.25, 0.3) is 0 Å². The van der Waals surface area contributed by atoms with Gasteiger partial charge in [0, 0.05) is 0 Å². The lowest BCUT2D eigenvalue weighted by Gasteiger charge is -1.96. The van der Waals surface area contributed by atoms with Crippen molar-refractivity contribution in [1.82, 2.24) is 0 Å². The Labute approximate surface area is 114 Å². The standard InChI is InChI=1S/C11H14O.C6H6O/c1-9-3-6-11(7-4-9)8-5-10(2)12;7-6-4-2-1-3-5-6/h3-8,10,12H,1-2H3;1-5,7H. The number of rotatable bonds is 2. The number of aryl methyl sites for hydroxylation is 1. The molecule has 2 aromatic rings. The van der Waals surface area contributed by atoms with Crippen LogP contribution in [0.15, 0.2) is 60.7 Å². The quantitative estimate of drug-likeness (QED) is 0.858. The lowest BCUT2D eigenvalue weighted by atomic mass is 10.1. The predicted molar refractivity (Wildman–Crippen MR) is 80.0 cm³/mol. The first-order chi connectivity index (χ1) is 9.08. The summed E-state index contributed by atoms with van der Waals surface area (Å²) in [5.74, 6) is 0.322. The van der Waals surface area contributed by atoms with Crippen molar-refractivity contribution in [2.24, 2.45) is 0 Å². The second-order valence-corrected chi connectivity index (χ2v) is 4.35. The molecule has 1 atom stereocenters. The molecule has 0 heterocycles. The minimum absolute atomic E-state index is 0.322. The van der Waals surface area contributed by atoms with Crippen LogP contribution in [-0.2, 0) is 0 Å². The third kappa shape index (κ3) is 7.06. The largest absolute Gasteiger partial charge is 0.508 e. The van der Waals surface area contributed by atoms with Gasteiger partial charge in [-0.3, -0.25) is 0 Å². The third-order valence-corrected chi connectivity index (χ3v) is 2.40. The molecule has 0 saturated heterocycles. The summed E-state index contributed by atoms with van der Waals surface area (Å²) >= 11 is 0. The van der Waals surface area contributed by atoms with E-state index in [1.165, 1.54) is 5.56 Å². The first-order valence-electron chi connectivity index (χ1n) is 6.25. The van der Waals surface area contributed by atoms with E-state index in [0.29, 0.717) is 5.75 Å². The number of phenols is 1. The number of phenolic OH excluding ortho intramolecular Hbond substituents is 1. The molecule has 0 aromatic heterocycles. The molecule has 0 fully saturated rings. The Hall–Kier alpha value is -2.06. The molecule has 0 radical (unpaired) electrons. The topological polar surface area (TPSA) is 40.5 Å². The fourth-order valence-corrected chi connectivity index (χ4v) is 1.36. The molecule has 2 heteroatoms. The average molecular weight is 256 g/mol. The summed E-state index contributed by atoms with van der Waals surface area (Å²) < 4.78 is 0. The molecule has 0 aliphatic carbocycles. The van der Waals surface area contributed by atoms with Crippen molar-refractivity contribution in [2.75, 3.05) is 0 Å². The first-order valence-corrected chi connectivity index (χ1v) is 6.25. The van der Waals surface area contributed by atoms with E-state index >= 15 is 0 Å². The number of hydrogen-bond donors (Lipinski definition) is 2. The van der Waals surface area contributed by atoms with Gasteiger partial charge >= 0.3 is 0 Å². The minimum atomic E-state index is -0.369. The zero-order chi connectivity index (χ0) is 14.1. The maximum atomic E-state index is 8.98. The molecule has 0 saturated carbocycles. The Bertz CT molecular complexity index is 484. The van der Waals surface area contributed by atoms with Gasteiger partial charge in [-0.1, -0.05) is 60.2 Å². The Morgan fingerprint density at radius 1 is 0.947 bits per heavy atom. The van der Waals surface area contributed by atoms with Crippen LogP contribution in [0, 0.1) is 6.92 Å². The number of para-hydroxylation sites is 1. The van der Waals surface area contributed by atoms with Crippen molar-refractivity contribution in [3.63, 3.8) is 0 Å². The van der Waals surface area contributed by atoms with E-state index < -0.39 is 0 Å². The maximum absolute atomic E-state index is 8.98. The number of hydrogen-bond acceptors (Lipinski definition) is 2. The number of aliphatic hydroxyl groups is 1. The van der Waals surface area contributed by atoms with E-state index in [9.17, 15) is 0 Å². The molecule has 2 aromatic carbocycles. The van der Waals surface area contributed by atoms with Gasteiger partial charge in [-0.25, -0.2) is 0 Å². The van der Waals surface area contributed by atoms with E-state index in [2.05, 4.69) is 19.1 Å². The van der Waals surface area contributed by atoms with Crippen molar-refractivity contribution in [3.05, 3.63) is 71.8 Å². The van der Waals surface area contributed by atoms with Gasteiger partial charge < -0.3 is 10.2 Å². The Kier molecular flexibility index (Phi) is 6.41. The van der Waals surface area contributed by atoms with Gasteiger partial charge in [0.15, 0.2) is 0 Å². The van der Waals surface area contributed by atoms with Gasteiger partial charge in [0.1, 0.15) is 5.75 Å². The van der Waals surface area contributed by atoms with Gasteiger partial charge in [-0.2, -0.15) is 0 Å². The van der Waals surface area contributed by atoms with Crippen LogP contribution in [0.25, 0.3) is 6.08 Å². The monoisotopic (exact) mass is 256 g/mol. The summed E-state index contributed by atoms with van der Waals surface area (Å²) in [6.45, 7) is 3.80. The Balaban J connectivity index is 0.000000218. The number of aliphatic hydroxyl groups excluding tert-OH is 1. The third-order valence-electron chi connectivity index (χ3n) is 2.40. The molecular weight excluding hydrogens is 236 g/mol. The van der Waals surface area contributed by atoms with Crippen LogP contribution in [0.4, 0.5) is 0 Å². The number of benzene rings is 2. The second-order valence-electron chi connectivity index (χ2n) is 4.35. The fraction of sp³-hybridized carbons (Fsp3) is 0.176. The van der Waals surface area contributed by atoms with Gasteiger partial charge in [-0.05, 0) is 31.5 Å². The van der Waals surface area contributed by atoms with E-state index in [1.807, 2.05) is 24.3 Å². The molecule has 0 bridgehead atoms. The SMILES string of the molecule is Cc1ccc(C=CC(C)O)cc1.Oc1ccccc1. The fourth-order valence-electron chi connectivity index (χ4n) is 1.36. The van der Waals surface area contributed by atoms with Crippen LogP contribution in [0.3, 0.4) is 0 Å². The normalized spacial score (nSPS) is 11.7. The van der Waals surface area contributed by atoms with Crippen LogP contribution in [0.1, 0.15) is 18.1 Å². The first kappa shape index (κ1) is 15.0. The Morgan fingerprint density at radius 2 is 1.53 bits per heavy atom.